The summed E-state index contributed by atoms with van der Waals surface area (Å²) in [6, 6.07) is 1.85. The van der Waals surface area contributed by atoms with Gasteiger partial charge in [-0.3, -0.25) is 5.43 Å². The van der Waals surface area contributed by atoms with Gasteiger partial charge < -0.3 is 9.80 Å². The molecule has 26 heavy (non-hydrogen) atoms. The fraction of sp³-hybridized carbons (Fsp3) is 0.250. The summed E-state index contributed by atoms with van der Waals surface area (Å²) >= 11 is 0. The van der Waals surface area contributed by atoms with Crippen LogP contribution < -0.4 is 10.3 Å². The number of hydrogen-bond acceptors (Lipinski definition) is 6. The SMILES string of the molecule is C1=CC2=CC=CC3=CC(N4CCN(c5ncccn5)CC4)=NNC23C=C1. The summed E-state index contributed by atoms with van der Waals surface area (Å²) < 4.78 is 0. The van der Waals surface area contributed by atoms with E-state index >= 15 is 0 Å². The van der Waals surface area contributed by atoms with Crippen molar-refractivity contribution in [3.05, 3.63) is 78.2 Å². The number of allylic oxidation sites excluding steroid dienone is 4. The highest BCUT2D eigenvalue weighted by atomic mass is 15.4. The molecule has 1 aromatic heterocycles. The van der Waals surface area contributed by atoms with Gasteiger partial charge in [0.15, 0.2) is 0 Å². The van der Waals surface area contributed by atoms with E-state index in [2.05, 4.69) is 73.8 Å². The lowest BCUT2D eigenvalue weighted by atomic mass is 9.76. The van der Waals surface area contributed by atoms with Crippen molar-refractivity contribution in [2.24, 2.45) is 5.10 Å². The molecule has 1 spiro atoms. The molecule has 2 aliphatic heterocycles. The Balaban J connectivity index is 1.33. The van der Waals surface area contributed by atoms with Crippen LogP contribution in [0.1, 0.15) is 0 Å². The van der Waals surface area contributed by atoms with E-state index in [4.69, 9.17) is 5.10 Å². The van der Waals surface area contributed by atoms with Crippen LogP contribution in [0.5, 0.6) is 0 Å². The molecular formula is C20H20N6. The van der Waals surface area contributed by atoms with Crippen LogP contribution >= 0.6 is 0 Å². The largest absolute Gasteiger partial charge is 0.352 e. The van der Waals surface area contributed by atoms with Crippen LogP contribution in [0.3, 0.4) is 0 Å². The van der Waals surface area contributed by atoms with Gasteiger partial charge in [0.05, 0.1) is 0 Å². The van der Waals surface area contributed by atoms with Gasteiger partial charge in [-0.2, -0.15) is 5.10 Å². The van der Waals surface area contributed by atoms with Crippen molar-refractivity contribution < 1.29 is 0 Å². The summed E-state index contributed by atoms with van der Waals surface area (Å²) in [4.78, 5) is 13.2. The molecule has 6 nitrogen and oxygen atoms in total. The number of rotatable bonds is 1. The summed E-state index contributed by atoms with van der Waals surface area (Å²) in [5.74, 6) is 1.80. The molecule has 0 saturated carbocycles. The predicted octanol–water partition coefficient (Wildman–Crippen LogP) is 1.80. The van der Waals surface area contributed by atoms with E-state index in [0.717, 1.165) is 38.0 Å². The molecule has 6 heteroatoms. The van der Waals surface area contributed by atoms with Crippen molar-refractivity contribution in [2.75, 3.05) is 31.1 Å². The van der Waals surface area contributed by atoms with E-state index in [9.17, 15) is 0 Å². The third-order valence-corrected chi connectivity index (χ3v) is 5.27. The first-order valence-corrected chi connectivity index (χ1v) is 8.94. The third kappa shape index (κ3) is 2.37. The minimum absolute atomic E-state index is 0.313. The maximum absolute atomic E-state index is 4.72. The van der Waals surface area contributed by atoms with Crippen LogP contribution in [0.4, 0.5) is 5.95 Å². The number of nitrogens with one attached hydrogen (secondary N) is 1. The topological polar surface area (TPSA) is 56.7 Å². The molecule has 130 valence electrons. The fourth-order valence-electron chi connectivity index (χ4n) is 3.82. The Labute approximate surface area is 152 Å². The molecule has 4 aliphatic rings. The van der Waals surface area contributed by atoms with E-state index < -0.39 is 0 Å². The molecule has 0 bridgehead atoms. The Morgan fingerprint density at radius 1 is 0.885 bits per heavy atom. The van der Waals surface area contributed by atoms with E-state index in [1.54, 1.807) is 12.4 Å². The highest BCUT2D eigenvalue weighted by Crippen LogP contribution is 2.36. The normalized spacial score (nSPS) is 26.4. The highest BCUT2D eigenvalue weighted by Gasteiger charge is 2.38. The molecule has 1 atom stereocenters. The minimum atomic E-state index is -0.313. The Kier molecular flexibility index (Phi) is 3.48. The van der Waals surface area contributed by atoms with Gasteiger partial charge in [-0.05, 0) is 29.4 Å². The van der Waals surface area contributed by atoms with Crippen LogP contribution in [0.25, 0.3) is 0 Å². The van der Waals surface area contributed by atoms with Gasteiger partial charge in [0.1, 0.15) is 11.4 Å². The van der Waals surface area contributed by atoms with Crippen molar-refractivity contribution in [3.8, 4) is 0 Å². The van der Waals surface area contributed by atoms with Crippen LogP contribution in [0.15, 0.2) is 83.3 Å². The van der Waals surface area contributed by atoms with Crippen LogP contribution in [-0.4, -0.2) is 52.4 Å². The first kappa shape index (κ1) is 15.1. The zero-order valence-corrected chi connectivity index (χ0v) is 14.4. The number of amidine groups is 1. The monoisotopic (exact) mass is 344 g/mol. The van der Waals surface area contributed by atoms with E-state index in [-0.39, 0.29) is 5.54 Å². The summed E-state index contributed by atoms with van der Waals surface area (Å²) in [6.45, 7) is 3.58. The highest BCUT2D eigenvalue weighted by molar-refractivity contribution is 5.96. The van der Waals surface area contributed by atoms with Crippen LogP contribution in [0.2, 0.25) is 0 Å². The summed E-state index contributed by atoms with van der Waals surface area (Å²) in [5.41, 5.74) is 5.55. The first-order chi connectivity index (χ1) is 12.9. The summed E-state index contributed by atoms with van der Waals surface area (Å²) in [5, 5.41) is 4.72. The summed E-state index contributed by atoms with van der Waals surface area (Å²) in [7, 11) is 0. The Morgan fingerprint density at radius 2 is 1.65 bits per heavy atom. The smallest absolute Gasteiger partial charge is 0.225 e. The maximum Gasteiger partial charge on any atom is 0.225 e. The number of anilines is 1. The van der Waals surface area contributed by atoms with Crippen molar-refractivity contribution in [3.63, 3.8) is 0 Å². The lowest BCUT2D eigenvalue weighted by Crippen LogP contribution is -2.53. The van der Waals surface area contributed by atoms with Crippen molar-refractivity contribution in [2.45, 2.75) is 5.54 Å². The second kappa shape index (κ2) is 5.98. The first-order valence-electron chi connectivity index (χ1n) is 8.94. The molecule has 2 aliphatic carbocycles. The van der Waals surface area contributed by atoms with Crippen molar-refractivity contribution in [1.29, 1.82) is 0 Å². The predicted molar refractivity (Wildman–Crippen MR) is 103 cm³/mol. The van der Waals surface area contributed by atoms with E-state index in [0.29, 0.717) is 0 Å². The fourth-order valence-corrected chi connectivity index (χ4v) is 3.82. The van der Waals surface area contributed by atoms with Crippen molar-refractivity contribution in [1.82, 2.24) is 20.3 Å². The summed E-state index contributed by atoms with van der Waals surface area (Å²) in [6.07, 6.45) is 20.7. The lowest BCUT2D eigenvalue weighted by Gasteiger charge is -2.42. The van der Waals surface area contributed by atoms with Gasteiger partial charge in [0, 0.05) is 38.6 Å². The average molecular weight is 344 g/mol. The zero-order valence-electron chi connectivity index (χ0n) is 14.4. The standard InChI is InChI=1S/C20H20N6/c1-2-8-20-16(5-1)6-3-7-17(20)15-18(23-24-20)25-11-13-26(14-12-25)19-21-9-4-10-22-19/h1-10,15,24H,11-14H2. The second-order valence-electron chi connectivity index (χ2n) is 6.71. The van der Waals surface area contributed by atoms with E-state index in [1.807, 2.05) is 6.07 Å². The van der Waals surface area contributed by atoms with Crippen LogP contribution in [-0.2, 0) is 0 Å². The molecule has 1 unspecified atom stereocenters. The molecular weight excluding hydrogens is 324 g/mol. The zero-order chi connectivity index (χ0) is 17.4. The molecule has 1 saturated heterocycles. The Hall–Kier alpha value is -3.15. The lowest BCUT2D eigenvalue weighted by molar-refractivity contribution is 0.376. The second-order valence-corrected chi connectivity index (χ2v) is 6.71. The maximum atomic E-state index is 4.72. The number of nitrogens with zero attached hydrogens (tertiary/aromatic N) is 5. The molecule has 0 aromatic carbocycles. The molecule has 1 N–H and O–H groups in total. The molecule has 3 heterocycles. The van der Waals surface area contributed by atoms with Crippen LogP contribution in [0, 0.1) is 0 Å². The quantitative estimate of drug-likeness (QED) is 0.842. The van der Waals surface area contributed by atoms with Crippen molar-refractivity contribution >= 4 is 11.8 Å². The van der Waals surface area contributed by atoms with Gasteiger partial charge in [-0.1, -0.05) is 36.5 Å². The number of aromatic nitrogens is 2. The van der Waals surface area contributed by atoms with Gasteiger partial charge in [0.25, 0.3) is 0 Å². The molecule has 5 rings (SSSR count). The van der Waals surface area contributed by atoms with E-state index in [1.165, 1.54) is 11.1 Å². The Morgan fingerprint density at radius 3 is 2.50 bits per heavy atom. The molecule has 0 amide bonds. The number of hydrogen-bond donors (Lipinski definition) is 1. The molecule has 1 fully saturated rings. The molecule has 0 radical (unpaired) electrons. The number of hydrazone groups is 1. The minimum Gasteiger partial charge on any atom is -0.352 e. The van der Waals surface area contributed by atoms with Gasteiger partial charge in [0.2, 0.25) is 5.95 Å². The average Bonchev–Trinajstić information content (AvgIpc) is 2.73. The molecule has 1 aromatic rings. The number of piperazine rings is 1. The van der Waals surface area contributed by atoms with Gasteiger partial charge in [-0.15, -0.1) is 0 Å². The third-order valence-electron chi connectivity index (χ3n) is 5.27. The van der Waals surface area contributed by atoms with Gasteiger partial charge >= 0.3 is 0 Å². The van der Waals surface area contributed by atoms with Gasteiger partial charge in [-0.25, -0.2) is 9.97 Å². The Bertz CT molecular complexity index is 884.